The summed E-state index contributed by atoms with van der Waals surface area (Å²) in [5, 5.41) is 3.98. The maximum absolute atomic E-state index is 12.4. The smallest absolute Gasteiger partial charge is 0.331 e. The summed E-state index contributed by atoms with van der Waals surface area (Å²) >= 11 is 12.3. The molecule has 0 saturated carbocycles. The van der Waals surface area contributed by atoms with Crippen molar-refractivity contribution < 1.29 is 19.0 Å². The number of halogens is 2. The lowest BCUT2D eigenvalue weighted by Gasteiger charge is -2.36. The molecule has 144 valence electrons. The molecule has 1 aliphatic heterocycles. The van der Waals surface area contributed by atoms with E-state index < -0.39 is 11.6 Å². The Morgan fingerprint density at radius 1 is 1.15 bits per heavy atom. The molecule has 1 fully saturated rings. The zero-order chi connectivity index (χ0) is 19.3. The predicted octanol–water partition coefficient (Wildman–Crippen LogP) is 4.35. The summed E-state index contributed by atoms with van der Waals surface area (Å²) in [6.07, 6.45) is 4.86. The molecule has 0 bridgehead atoms. The predicted molar refractivity (Wildman–Crippen MR) is 104 cm³/mol. The molecule has 1 aliphatic rings. The van der Waals surface area contributed by atoms with Crippen LogP contribution in [0.25, 0.3) is 6.08 Å². The summed E-state index contributed by atoms with van der Waals surface area (Å²) in [6.45, 7) is 5.78. The summed E-state index contributed by atoms with van der Waals surface area (Å²) in [5.41, 5.74) is -0.0481. The molecule has 5 nitrogen and oxygen atoms in total. The summed E-state index contributed by atoms with van der Waals surface area (Å²) in [5.74, 6) is 0.656. The minimum absolute atomic E-state index is 0.325. The third kappa shape index (κ3) is 4.84. The Balaban J connectivity index is 2.19. The molecule has 0 aliphatic carbocycles. The molecule has 0 unspecified atom stereocenters. The second-order valence-corrected chi connectivity index (χ2v) is 7.52. The number of nitrogens with one attached hydrogen (secondary N) is 1. The van der Waals surface area contributed by atoms with Crippen LogP contribution in [0.1, 0.15) is 32.3 Å². The van der Waals surface area contributed by atoms with Crippen molar-refractivity contribution >= 4 is 35.2 Å². The van der Waals surface area contributed by atoms with Crippen molar-refractivity contribution in [1.29, 1.82) is 0 Å². The van der Waals surface area contributed by atoms with Gasteiger partial charge in [0.25, 0.3) is 0 Å². The largest absolute Gasteiger partial charge is 0.494 e. The monoisotopic (exact) mass is 401 g/mol. The number of carbonyl (C=O) groups excluding carboxylic acids is 1. The highest BCUT2D eigenvalue weighted by Gasteiger charge is 2.33. The van der Waals surface area contributed by atoms with Crippen LogP contribution in [0.3, 0.4) is 0 Å². The van der Waals surface area contributed by atoms with Crippen LogP contribution in [0, 0.1) is 5.92 Å². The molecule has 2 rings (SSSR count). The number of methoxy groups -OCH3 is 2. The van der Waals surface area contributed by atoms with E-state index in [1.54, 1.807) is 6.08 Å². The fourth-order valence-corrected chi connectivity index (χ4v) is 3.85. The van der Waals surface area contributed by atoms with Gasteiger partial charge >= 0.3 is 5.97 Å². The van der Waals surface area contributed by atoms with Crippen molar-refractivity contribution in [1.82, 2.24) is 5.32 Å². The standard InChI is InChI=1S/C19H25Cl2NO4/c1-19(2,12-7-9-22-10-8-12)26-16(23)6-5-13-17(24-3)14(20)11-15(21)18(13)25-4/h5-6,11-12,22H,7-10H2,1-4H3/b6-5+. The SMILES string of the molecule is COc1c(Cl)cc(Cl)c(OC)c1/C=C/C(=O)OC(C)(C)C1CCNCC1. The van der Waals surface area contributed by atoms with Crippen molar-refractivity contribution in [3.05, 3.63) is 27.8 Å². The van der Waals surface area contributed by atoms with E-state index in [4.69, 9.17) is 37.4 Å². The van der Waals surface area contributed by atoms with Crippen molar-refractivity contribution in [2.24, 2.45) is 5.92 Å². The molecule has 0 spiro atoms. The van der Waals surface area contributed by atoms with Crippen molar-refractivity contribution in [3.8, 4) is 11.5 Å². The molecular weight excluding hydrogens is 377 g/mol. The van der Waals surface area contributed by atoms with E-state index in [-0.39, 0.29) is 0 Å². The van der Waals surface area contributed by atoms with Crippen LogP contribution >= 0.6 is 23.2 Å². The molecular formula is C19H25Cl2NO4. The lowest BCUT2D eigenvalue weighted by molar-refractivity contribution is -0.156. The van der Waals surface area contributed by atoms with E-state index in [0.717, 1.165) is 25.9 Å². The van der Waals surface area contributed by atoms with E-state index in [2.05, 4.69) is 5.32 Å². The minimum atomic E-state index is -0.538. The number of ether oxygens (including phenoxy) is 3. The first-order valence-corrected chi connectivity index (χ1v) is 9.27. The van der Waals surface area contributed by atoms with Crippen LogP contribution in [0.2, 0.25) is 10.0 Å². The highest BCUT2D eigenvalue weighted by molar-refractivity contribution is 6.37. The third-order valence-corrected chi connectivity index (χ3v) is 5.22. The molecule has 1 aromatic rings. The van der Waals surface area contributed by atoms with Gasteiger partial charge < -0.3 is 19.5 Å². The average Bonchev–Trinajstić information content (AvgIpc) is 2.60. The highest BCUT2D eigenvalue weighted by atomic mass is 35.5. The van der Waals surface area contributed by atoms with E-state index in [1.165, 1.54) is 26.4 Å². The normalized spacial score (nSPS) is 15.9. The van der Waals surface area contributed by atoms with Gasteiger partial charge in [0, 0.05) is 12.0 Å². The fourth-order valence-electron chi connectivity index (χ4n) is 3.21. The average molecular weight is 402 g/mol. The number of piperidine rings is 1. The quantitative estimate of drug-likeness (QED) is 0.567. The van der Waals surface area contributed by atoms with Gasteiger partial charge in [0.1, 0.15) is 17.1 Å². The Morgan fingerprint density at radius 3 is 2.19 bits per heavy atom. The summed E-state index contributed by atoms with van der Waals surface area (Å²) in [6, 6.07) is 1.54. The lowest BCUT2D eigenvalue weighted by atomic mass is 9.83. The minimum Gasteiger partial charge on any atom is -0.494 e. The summed E-state index contributed by atoms with van der Waals surface area (Å²) in [7, 11) is 2.98. The maximum Gasteiger partial charge on any atom is 0.331 e. The lowest BCUT2D eigenvalue weighted by Crippen LogP contribution is -2.42. The fraction of sp³-hybridized carbons (Fsp3) is 0.526. The topological polar surface area (TPSA) is 56.8 Å². The summed E-state index contributed by atoms with van der Waals surface area (Å²) < 4.78 is 16.3. The molecule has 7 heteroatoms. The Kier molecular flexibility index (Phi) is 7.21. The third-order valence-electron chi connectivity index (χ3n) is 4.66. The second kappa shape index (κ2) is 8.98. The van der Waals surface area contributed by atoms with E-state index >= 15 is 0 Å². The number of esters is 1. The van der Waals surface area contributed by atoms with Crippen molar-refractivity contribution in [2.45, 2.75) is 32.3 Å². The molecule has 0 amide bonds. The molecule has 0 radical (unpaired) electrons. The number of hydrogen-bond donors (Lipinski definition) is 1. The van der Waals surface area contributed by atoms with E-state index in [0.29, 0.717) is 33.0 Å². The van der Waals surface area contributed by atoms with Crippen LogP contribution in [0.4, 0.5) is 0 Å². The first kappa shape index (κ1) is 20.9. The van der Waals surface area contributed by atoms with Gasteiger partial charge in [-0.3, -0.25) is 0 Å². The van der Waals surface area contributed by atoms with Gasteiger partial charge in [0.05, 0.1) is 29.8 Å². The number of rotatable bonds is 6. The van der Waals surface area contributed by atoms with Gasteiger partial charge in [-0.15, -0.1) is 0 Å². The zero-order valence-electron chi connectivity index (χ0n) is 15.5. The highest BCUT2D eigenvalue weighted by Crippen LogP contribution is 2.41. The summed E-state index contributed by atoms with van der Waals surface area (Å²) in [4.78, 5) is 12.4. The van der Waals surface area contributed by atoms with Crippen molar-refractivity contribution in [2.75, 3.05) is 27.3 Å². The zero-order valence-corrected chi connectivity index (χ0v) is 17.0. The Hall–Kier alpha value is -1.43. The van der Waals surface area contributed by atoms with Crippen LogP contribution < -0.4 is 14.8 Å². The van der Waals surface area contributed by atoms with Crippen LogP contribution in [-0.2, 0) is 9.53 Å². The van der Waals surface area contributed by atoms with Gasteiger partial charge in [-0.1, -0.05) is 23.2 Å². The van der Waals surface area contributed by atoms with Crippen LogP contribution in [0.5, 0.6) is 11.5 Å². The molecule has 26 heavy (non-hydrogen) atoms. The van der Waals surface area contributed by atoms with Crippen molar-refractivity contribution in [3.63, 3.8) is 0 Å². The van der Waals surface area contributed by atoms with E-state index in [9.17, 15) is 4.79 Å². The Morgan fingerprint density at radius 2 is 1.69 bits per heavy atom. The molecule has 1 saturated heterocycles. The number of carbonyl (C=O) groups is 1. The van der Waals surface area contributed by atoms with Crippen LogP contribution in [0.15, 0.2) is 12.1 Å². The van der Waals surface area contributed by atoms with Gasteiger partial charge in [0.15, 0.2) is 0 Å². The van der Waals surface area contributed by atoms with Gasteiger partial charge in [0.2, 0.25) is 0 Å². The van der Waals surface area contributed by atoms with Gasteiger partial charge in [-0.05, 0) is 51.9 Å². The van der Waals surface area contributed by atoms with Gasteiger partial charge in [-0.2, -0.15) is 0 Å². The maximum atomic E-state index is 12.4. The van der Waals surface area contributed by atoms with Gasteiger partial charge in [-0.25, -0.2) is 4.79 Å². The molecule has 0 aromatic heterocycles. The second-order valence-electron chi connectivity index (χ2n) is 6.70. The van der Waals surface area contributed by atoms with Crippen LogP contribution in [-0.4, -0.2) is 38.9 Å². The Labute approximate surface area is 164 Å². The number of benzene rings is 1. The molecule has 1 aromatic carbocycles. The molecule has 0 atom stereocenters. The first-order chi connectivity index (χ1) is 12.3. The Bertz CT molecular complexity index is 654. The number of hydrogen-bond acceptors (Lipinski definition) is 5. The first-order valence-electron chi connectivity index (χ1n) is 8.52. The van der Waals surface area contributed by atoms with E-state index in [1.807, 2.05) is 13.8 Å². The molecule has 1 N–H and O–H groups in total. The molecule has 1 heterocycles.